The molecule has 0 unspecified atom stereocenters. The van der Waals surface area contributed by atoms with Gasteiger partial charge in [0, 0.05) is 0 Å². The van der Waals surface area contributed by atoms with E-state index in [-0.39, 0.29) is 16.1 Å². The van der Waals surface area contributed by atoms with Crippen molar-refractivity contribution in [3.05, 3.63) is 17.2 Å². The molecule has 2 aromatic rings. The lowest BCUT2D eigenvalue weighted by Crippen LogP contribution is -2.47. The molecule has 2 rings (SSSR count). The number of amides is 1. The van der Waals surface area contributed by atoms with Crippen molar-refractivity contribution in [2.75, 3.05) is 5.32 Å². The van der Waals surface area contributed by atoms with Crippen LogP contribution >= 0.6 is 23.3 Å². The smallest absolute Gasteiger partial charge is 0.317 e. The molecule has 4 nitrogen and oxygen atoms in total. The van der Waals surface area contributed by atoms with Crippen LogP contribution in [-0.4, -0.2) is 26.8 Å². The van der Waals surface area contributed by atoms with E-state index in [4.69, 9.17) is 11.6 Å². The summed E-state index contributed by atoms with van der Waals surface area (Å²) in [4.78, 5) is 11.1. The number of halogens is 6. The first kappa shape index (κ1) is 14.9. The van der Waals surface area contributed by atoms with Gasteiger partial charge in [0.25, 0.3) is 0 Å². The van der Waals surface area contributed by atoms with Crippen LogP contribution in [0.25, 0.3) is 11.0 Å². The second-order valence-corrected chi connectivity index (χ2v) is 4.52. The Bertz CT molecular complexity index is 671. The Balaban J connectivity index is 2.40. The van der Waals surface area contributed by atoms with E-state index in [1.54, 1.807) is 0 Å². The fourth-order valence-electron chi connectivity index (χ4n) is 1.27. The molecule has 0 aliphatic heterocycles. The van der Waals surface area contributed by atoms with Crippen molar-refractivity contribution in [2.45, 2.75) is 12.1 Å². The summed E-state index contributed by atoms with van der Waals surface area (Å²) < 4.78 is 69.4. The molecule has 1 N–H and O–H groups in total. The molecule has 0 spiro atoms. The molecular weight excluding hydrogens is 329 g/mol. The molecular formula is C9H3ClF5N3OS. The van der Waals surface area contributed by atoms with Gasteiger partial charge in [-0.15, -0.1) is 0 Å². The van der Waals surface area contributed by atoms with Gasteiger partial charge in [0.15, 0.2) is 0 Å². The fraction of sp³-hybridized carbons (Fsp3) is 0.222. The summed E-state index contributed by atoms with van der Waals surface area (Å²) in [6, 6.07) is 2.59. The van der Waals surface area contributed by atoms with Crippen LogP contribution in [0.1, 0.15) is 0 Å². The van der Waals surface area contributed by atoms with Crippen molar-refractivity contribution < 1.29 is 26.7 Å². The summed E-state index contributed by atoms with van der Waals surface area (Å²) >= 11 is 6.36. The van der Waals surface area contributed by atoms with E-state index in [0.717, 1.165) is 0 Å². The highest BCUT2D eigenvalue weighted by molar-refractivity contribution is 7.00. The van der Waals surface area contributed by atoms with Crippen molar-refractivity contribution in [1.29, 1.82) is 0 Å². The van der Waals surface area contributed by atoms with Crippen molar-refractivity contribution >= 4 is 46.0 Å². The SMILES string of the molecule is O=C(Nc1c(Cl)ccc2nsnc12)C(F)(F)C(F)(F)F. The molecule has 20 heavy (non-hydrogen) atoms. The van der Waals surface area contributed by atoms with Crippen molar-refractivity contribution in [3.63, 3.8) is 0 Å². The fourth-order valence-corrected chi connectivity index (χ4v) is 2.01. The number of nitrogens with one attached hydrogen (secondary N) is 1. The van der Waals surface area contributed by atoms with Crippen molar-refractivity contribution in [2.24, 2.45) is 0 Å². The number of benzene rings is 1. The number of rotatable bonds is 2. The predicted molar refractivity (Wildman–Crippen MR) is 62.1 cm³/mol. The molecule has 1 aromatic carbocycles. The van der Waals surface area contributed by atoms with Crippen LogP contribution in [-0.2, 0) is 4.79 Å². The number of carbonyl (C=O) groups is 1. The van der Waals surface area contributed by atoms with Crippen molar-refractivity contribution in [1.82, 2.24) is 8.75 Å². The first-order chi connectivity index (χ1) is 9.14. The van der Waals surface area contributed by atoms with E-state index in [0.29, 0.717) is 11.7 Å². The maximum atomic E-state index is 12.9. The lowest BCUT2D eigenvalue weighted by atomic mass is 10.2. The van der Waals surface area contributed by atoms with E-state index in [1.165, 1.54) is 17.4 Å². The summed E-state index contributed by atoms with van der Waals surface area (Å²) in [5.74, 6) is -8.07. The van der Waals surface area contributed by atoms with Gasteiger partial charge in [-0.1, -0.05) is 11.6 Å². The average Bonchev–Trinajstić information content (AvgIpc) is 2.79. The summed E-state index contributed by atoms with van der Waals surface area (Å²) in [6.07, 6.45) is -6.00. The van der Waals surface area contributed by atoms with Crippen LogP contribution in [0, 0.1) is 0 Å². The lowest BCUT2D eigenvalue weighted by Gasteiger charge is -2.19. The van der Waals surface area contributed by atoms with Gasteiger partial charge in [0.1, 0.15) is 11.0 Å². The maximum absolute atomic E-state index is 12.9. The Labute approximate surface area is 116 Å². The molecule has 0 saturated carbocycles. The van der Waals surface area contributed by atoms with E-state index in [9.17, 15) is 26.7 Å². The number of hydrogen-bond acceptors (Lipinski definition) is 4. The third-order valence-corrected chi connectivity index (χ3v) is 3.11. The van der Waals surface area contributed by atoms with Gasteiger partial charge in [0.2, 0.25) is 0 Å². The van der Waals surface area contributed by atoms with E-state index in [2.05, 4.69) is 8.75 Å². The zero-order valence-electron chi connectivity index (χ0n) is 9.13. The summed E-state index contributed by atoms with van der Waals surface area (Å²) in [5, 5.41) is 1.22. The van der Waals surface area contributed by atoms with Gasteiger partial charge >= 0.3 is 18.0 Å². The first-order valence-corrected chi connectivity index (χ1v) is 5.92. The minimum Gasteiger partial charge on any atom is -0.317 e. The second-order valence-electron chi connectivity index (χ2n) is 3.58. The molecule has 0 aliphatic carbocycles. The summed E-state index contributed by atoms with van der Waals surface area (Å²) in [6.45, 7) is 0. The largest absolute Gasteiger partial charge is 0.463 e. The van der Waals surface area contributed by atoms with Gasteiger partial charge in [-0.05, 0) is 12.1 Å². The molecule has 1 amide bonds. The number of nitrogens with zero attached hydrogens (tertiary/aromatic N) is 2. The van der Waals surface area contributed by atoms with E-state index < -0.39 is 23.7 Å². The highest BCUT2D eigenvalue weighted by Gasteiger charge is 2.63. The van der Waals surface area contributed by atoms with Crippen LogP contribution in [0.15, 0.2) is 12.1 Å². The standard InChI is InChI=1S/C9H3ClF5N3OS/c10-3-1-2-4-6(18-20-17-4)5(3)16-7(19)8(11,12)9(13,14)15/h1-2H,(H,16,19). The minimum absolute atomic E-state index is 0.0613. The third kappa shape index (κ3) is 2.40. The Morgan fingerprint density at radius 2 is 1.85 bits per heavy atom. The van der Waals surface area contributed by atoms with Gasteiger partial charge in [-0.3, -0.25) is 4.79 Å². The maximum Gasteiger partial charge on any atom is 0.463 e. The number of aromatic nitrogens is 2. The van der Waals surface area contributed by atoms with E-state index in [1.807, 2.05) is 0 Å². The van der Waals surface area contributed by atoms with Crippen LogP contribution in [0.2, 0.25) is 5.02 Å². The molecule has 0 saturated heterocycles. The van der Waals surface area contributed by atoms with Gasteiger partial charge in [-0.25, -0.2) is 0 Å². The molecule has 1 aromatic heterocycles. The molecule has 11 heteroatoms. The highest BCUT2D eigenvalue weighted by atomic mass is 35.5. The van der Waals surface area contributed by atoms with Crippen LogP contribution < -0.4 is 5.32 Å². The van der Waals surface area contributed by atoms with Crippen LogP contribution in [0.5, 0.6) is 0 Å². The van der Waals surface area contributed by atoms with Gasteiger partial charge < -0.3 is 5.32 Å². The zero-order valence-corrected chi connectivity index (χ0v) is 10.7. The number of hydrogen-bond donors (Lipinski definition) is 1. The number of alkyl halides is 5. The molecule has 0 radical (unpaired) electrons. The predicted octanol–water partition coefficient (Wildman–Crippen LogP) is 3.48. The molecule has 0 atom stereocenters. The Morgan fingerprint density at radius 1 is 1.20 bits per heavy atom. The van der Waals surface area contributed by atoms with Crippen molar-refractivity contribution in [3.8, 4) is 0 Å². The number of anilines is 1. The number of fused-ring (bicyclic) bond motifs is 1. The van der Waals surface area contributed by atoms with Crippen LogP contribution in [0.3, 0.4) is 0 Å². The first-order valence-electron chi connectivity index (χ1n) is 4.81. The molecule has 108 valence electrons. The van der Waals surface area contributed by atoms with Crippen LogP contribution in [0.4, 0.5) is 27.6 Å². The Morgan fingerprint density at radius 3 is 2.45 bits per heavy atom. The number of carbonyl (C=O) groups excluding carboxylic acids is 1. The third-order valence-electron chi connectivity index (χ3n) is 2.26. The lowest BCUT2D eigenvalue weighted by molar-refractivity contribution is -0.267. The highest BCUT2D eigenvalue weighted by Crippen LogP contribution is 2.38. The normalized spacial score (nSPS) is 12.7. The Hall–Kier alpha value is -1.55. The average molecular weight is 332 g/mol. The monoisotopic (exact) mass is 331 g/mol. The minimum atomic E-state index is -6.00. The summed E-state index contributed by atoms with van der Waals surface area (Å²) in [5.41, 5.74) is -0.286. The second kappa shape index (κ2) is 4.77. The molecule has 0 aliphatic rings. The van der Waals surface area contributed by atoms with Gasteiger partial charge in [-0.2, -0.15) is 30.7 Å². The summed E-state index contributed by atoms with van der Waals surface area (Å²) in [7, 11) is 0. The zero-order chi connectivity index (χ0) is 15.1. The molecule has 0 bridgehead atoms. The van der Waals surface area contributed by atoms with E-state index >= 15 is 0 Å². The quantitative estimate of drug-likeness (QED) is 0.857. The molecule has 0 fully saturated rings. The topological polar surface area (TPSA) is 54.9 Å². The molecule has 1 heterocycles. The van der Waals surface area contributed by atoms with Gasteiger partial charge in [0.05, 0.1) is 22.4 Å². The Kier molecular flexibility index (Phi) is 3.54.